The van der Waals surface area contributed by atoms with Crippen LogP contribution in [-0.4, -0.2) is 29.0 Å². The Morgan fingerprint density at radius 2 is 1.48 bits per heavy atom. The van der Waals surface area contributed by atoms with Crippen LogP contribution in [0.4, 0.5) is 0 Å². The molecule has 1 rings (SSSR count). The summed E-state index contributed by atoms with van der Waals surface area (Å²) in [6.07, 6.45) is 16.6. The molecular formula is C27H46O3Ti. The smallest absolute Gasteiger partial charge is 0.394 e. The van der Waals surface area contributed by atoms with Gasteiger partial charge < -0.3 is 38.8 Å². The maximum absolute atomic E-state index is 8.06. The van der Waals surface area contributed by atoms with Crippen molar-refractivity contribution >= 4 is 0 Å². The quantitative estimate of drug-likeness (QED) is 0.154. The maximum atomic E-state index is 8.06. The van der Waals surface area contributed by atoms with E-state index in [1.807, 2.05) is 18.2 Å². The molecule has 0 aliphatic carbocycles. The molecular weight excluding hydrogens is 420 g/mol. The van der Waals surface area contributed by atoms with Gasteiger partial charge in [0.1, 0.15) is 0 Å². The summed E-state index contributed by atoms with van der Waals surface area (Å²) in [6, 6.07) is 10.3. The van der Waals surface area contributed by atoms with Crippen LogP contribution in [0.2, 0.25) is 0 Å². The fourth-order valence-electron chi connectivity index (χ4n) is 2.10. The fraction of sp³-hybridized carbons (Fsp3) is 0.630. The molecule has 0 aromatic heterocycles. The van der Waals surface area contributed by atoms with E-state index in [0.717, 1.165) is 25.9 Å². The SMILES string of the molecule is CC(C)O.CC(C)O.CCCC[C-]=C(C=[C-]CCOCc1ccccc1)CCCC.[Ti+2]. The summed E-state index contributed by atoms with van der Waals surface area (Å²) in [5.74, 6) is 0. The van der Waals surface area contributed by atoms with Crippen LogP contribution in [0.25, 0.3) is 0 Å². The van der Waals surface area contributed by atoms with E-state index in [2.05, 4.69) is 44.2 Å². The van der Waals surface area contributed by atoms with Crippen molar-refractivity contribution in [3.8, 4) is 0 Å². The molecule has 4 heteroatoms. The van der Waals surface area contributed by atoms with E-state index < -0.39 is 0 Å². The molecule has 31 heavy (non-hydrogen) atoms. The molecule has 0 unspecified atom stereocenters. The van der Waals surface area contributed by atoms with E-state index in [4.69, 9.17) is 14.9 Å². The average molecular weight is 467 g/mol. The first-order valence-electron chi connectivity index (χ1n) is 11.5. The Hall–Kier alpha value is -0.706. The molecule has 0 aliphatic rings. The summed E-state index contributed by atoms with van der Waals surface area (Å²) in [5, 5.41) is 16.1. The Kier molecular flexibility index (Phi) is 30.8. The van der Waals surface area contributed by atoms with Gasteiger partial charge in [0.05, 0.1) is 6.61 Å². The first-order valence-corrected chi connectivity index (χ1v) is 11.5. The van der Waals surface area contributed by atoms with Gasteiger partial charge in [-0.05, 0) is 33.3 Å². The molecule has 1 aromatic rings. The van der Waals surface area contributed by atoms with Crippen molar-refractivity contribution in [1.82, 2.24) is 0 Å². The van der Waals surface area contributed by atoms with Crippen LogP contribution in [0.5, 0.6) is 0 Å². The third-order valence-corrected chi connectivity index (χ3v) is 3.46. The van der Waals surface area contributed by atoms with Gasteiger partial charge in [0, 0.05) is 18.8 Å². The zero-order chi connectivity index (χ0) is 23.0. The third-order valence-electron chi connectivity index (χ3n) is 3.46. The zero-order valence-corrected chi connectivity index (χ0v) is 22.3. The van der Waals surface area contributed by atoms with E-state index in [1.54, 1.807) is 27.7 Å². The standard InChI is InChI=1S/C21H30O.2C3H8O.Ti/c1-3-5-8-14-20(13-6-4-2)15-11-12-18-22-19-21-16-9-7-10-17-21;2*1-3(2)4;/h7,9-10,15-17H,3-6,8,12-13,18-19H2,1-2H3;2*3-4H,1-2H3;/q-2;;;+2. The second kappa shape index (κ2) is 27.3. The summed E-state index contributed by atoms with van der Waals surface area (Å²) < 4.78 is 5.67. The predicted molar refractivity (Wildman–Crippen MR) is 129 cm³/mol. The van der Waals surface area contributed by atoms with Crippen LogP contribution in [0.15, 0.2) is 42.0 Å². The molecule has 176 valence electrons. The Morgan fingerprint density at radius 3 is 2.00 bits per heavy atom. The molecule has 2 N–H and O–H groups in total. The Labute approximate surface area is 207 Å². The number of aliphatic hydroxyl groups is 2. The monoisotopic (exact) mass is 466 g/mol. The minimum Gasteiger partial charge on any atom is -0.394 e. The zero-order valence-electron chi connectivity index (χ0n) is 20.8. The number of unbranched alkanes of at least 4 members (excludes halogenated alkanes) is 3. The number of ether oxygens (including phenoxy) is 1. The van der Waals surface area contributed by atoms with Crippen LogP contribution < -0.4 is 0 Å². The van der Waals surface area contributed by atoms with Crippen LogP contribution in [-0.2, 0) is 33.1 Å². The van der Waals surface area contributed by atoms with Gasteiger partial charge in [0.25, 0.3) is 0 Å². The molecule has 0 saturated carbocycles. The normalized spacial score (nSPS) is 11.0. The van der Waals surface area contributed by atoms with Crippen molar-refractivity contribution < 1.29 is 36.7 Å². The summed E-state index contributed by atoms with van der Waals surface area (Å²) in [4.78, 5) is 0. The summed E-state index contributed by atoms with van der Waals surface area (Å²) in [5.41, 5.74) is 2.54. The Balaban J connectivity index is -0.000000747. The predicted octanol–water partition coefficient (Wildman–Crippen LogP) is 6.83. The first-order chi connectivity index (χ1) is 14.3. The molecule has 0 heterocycles. The summed E-state index contributed by atoms with van der Waals surface area (Å²) in [6.45, 7) is 12.7. The van der Waals surface area contributed by atoms with Crippen molar-refractivity contribution in [3.05, 3.63) is 59.7 Å². The largest absolute Gasteiger partial charge is 2.00 e. The average Bonchev–Trinajstić information content (AvgIpc) is 2.68. The topological polar surface area (TPSA) is 49.7 Å². The van der Waals surface area contributed by atoms with Crippen LogP contribution in [0, 0.1) is 12.2 Å². The van der Waals surface area contributed by atoms with Crippen LogP contribution in [0.1, 0.15) is 92.1 Å². The van der Waals surface area contributed by atoms with Gasteiger partial charge in [0.15, 0.2) is 0 Å². The summed E-state index contributed by atoms with van der Waals surface area (Å²) >= 11 is 0. The van der Waals surface area contributed by atoms with Gasteiger partial charge in [-0.2, -0.15) is 0 Å². The van der Waals surface area contributed by atoms with Gasteiger partial charge in [-0.15, -0.1) is 19.3 Å². The molecule has 1 aromatic carbocycles. The number of hydrogen-bond acceptors (Lipinski definition) is 3. The van der Waals surface area contributed by atoms with Crippen molar-refractivity contribution in [1.29, 1.82) is 0 Å². The number of hydrogen-bond donors (Lipinski definition) is 2. The van der Waals surface area contributed by atoms with Crippen molar-refractivity contribution in [2.24, 2.45) is 0 Å². The van der Waals surface area contributed by atoms with Crippen LogP contribution >= 0.6 is 0 Å². The maximum Gasteiger partial charge on any atom is 2.00 e. The number of benzene rings is 1. The second-order valence-corrected chi connectivity index (χ2v) is 7.73. The van der Waals surface area contributed by atoms with Gasteiger partial charge in [0.2, 0.25) is 0 Å². The minimum absolute atomic E-state index is 0. The molecule has 0 fully saturated rings. The first kappa shape index (κ1) is 34.9. The molecule has 0 radical (unpaired) electrons. The number of aliphatic hydroxyl groups excluding tert-OH is 2. The van der Waals surface area contributed by atoms with E-state index in [9.17, 15) is 0 Å². The molecule has 0 spiro atoms. The minimum atomic E-state index is -0.167. The summed E-state index contributed by atoms with van der Waals surface area (Å²) in [7, 11) is 0. The fourth-order valence-corrected chi connectivity index (χ4v) is 2.10. The molecule has 3 nitrogen and oxygen atoms in total. The number of rotatable bonds is 12. The van der Waals surface area contributed by atoms with Gasteiger partial charge in [-0.25, -0.2) is 0 Å². The van der Waals surface area contributed by atoms with E-state index in [0.29, 0.717) is 6.61 Å². The third kappa shape index (κ3) is 34.1. The second-order valence-electron chi connectivity index (χ2n) is 7.73. The molecule has 0 atom stereocenters. The van der Waals surface area contributed by atoms with E-state index >= 15 is 0 Å². The molecule has 0 saturated heterocycles. The Bertz CT molecular complexity index is 499. The van der Waals surface area contributed by atoms with Crippen molar-refractivity contribution in [2.45, 2.75) is 105 Å². The van der Waals surface area contributed by atoms with Crippen molar-refractivity contribution in [2.75, 3.05) is 6.61 Å². The van der Waals surface area contributed by atoms with Crippen molar-refractivity contribution in [3.63, 3.8) is 0 Å². The van der Waals surface area contributed by atoms with E-state index in [-0.39, 0.29) is 33.9 Å². The molecule has 0 aliphatic heterocycles. The molecule has 0 amide bonds. The van der Waals surface area contributed by atoms with Crippen LogP contribution in [0.3, 0.4) is 0 Å². The van der Waals surface area contributed by atoms with E-state index in [1.165, 1.54) is 36.8 Å². The number of allylic oxidation sites excluding steroid dienone is 3. The Morgan fingerprint density at radius 1 is 0.935 bits per heavy atom. The van der Waals surface area contributed by atoms with Gasteiger partial charge in [-0.3, -0.25) is 0 Å². The van der Waals surface area contributed by atoms with Gasteiger partial charge in [-0.1, -0.05) is 69.9 Å². The molecule has 0 bridgehead atoms. The van der Waals surface area contributed by atoms with Gasteiger partial charge >= 0.3 is 21.7 Å².